The number of hydrogen-bond donors (Lipinski definition) is 1. The van der Waals surface area contributed by atoms with E-state index in [0.29, 0.717) is 43.6 Å². The number of anilines is 1. The van der Waals surface area contributed by atoms with Gasteiger partial charge in [-0.05, 0) is 12.1 Å². The minimum absolute atomic E-state index is 0.146. The normalized spacial score (nSPS) is 15.0. The van der Waals surface area contributed by atoms with E-state index < -0.39 is 15.8 Å². The Kier molecular flexibility index (Phi) is 5.14. The van der Waals surface area contributed by atoms with Crippen molar-refractivity contribution < 1.29 is 23.1 Å². The van der Waals surface area contributed by atoms with Crippen LogP contribution in [0.2, 0.25) is 0 Å². The van der Waals surface area contributed by atoms with E-state index in [9.17, 15) is 13.2 Å². The van der Waals surface area contributed by atoms with Crippen molar-refractivity contribution in [3.8, 4) is 11.4 Å². The van der Waals surface area contributed by atoms with E-state index >= 15 is 0 Å². The summed E-state index contributed by atoms with van der Waals surface area (Å²) in [5.41, 5.74) is 0.731. The zero-order chi connectivity index (χ0) is 18.7. The number of carboxylic acid groups (broad SMARTS) is 1. The predicted octanol–water partition coefficient (Wildman–Crippen LogP) is 0.618. The van der Waals surface area contributed by atoms with Crippen LogP contribution in [0.5, 0.6) is 0 Å². The fourth-order valence-electron chi connectivity index (χ4n) is 2.50. The Bertz CT molecular complexity index is 909. The molecule has 1 N–H and O–H groups in total. The highest BCUT2D eigenvalue weighted by atomic mass is 32.2. The van der Waals surface area contributed by atoms with Crippen molar-refractivity contribution in [3.05, 3.63) is 35.7 Å². The van der Waals surface area contributed by atoms with Gasteiger partial charge in [-0.2, -0.15) is 9.97 Å². The van der Waals surface area contributed by atoms with Crippen molar-refractivity contribution in [1.29, 1.82) is 0 Å². The lowest BCUT2D eigenvalue weighted by molar-refractivity contribution is 0.0697. The van der Waals surface area contributed by atoms with Crippen LogP contribution in [0.15, 0.2) is 24.3 Å². The van der Waals surface area contributed by atoms with E-state index in [1.54, 1.807) is 12.1 Å². The number of morpholine rings is 1. The molecule has 0 bridgehead atoms. The van der Waals surface area contributed by atoms with Gasteiger partial charge >= 0.3 is 5.97 Å². The van der Waals surface area contributed by atoms with Gasteiger partial charge in [-0.3, -0.25) is 0 Å². The molecular formula is C16H18N4O5S. The molecule has 0 atom stereocenters. The quantitative estimate of drug-likeness (QED) is 0.797. The van der Waals surface area contributed by atoms with Crippen LogP contribution >= 0.6 is 0 Å². The first-order chi connectivity index (χ1) is 12.3. The van der Waals surface area contributed by atoms with Crippen LogP contribution < -0.4 is 4.90 Å². The van der Waals surface area contributed by atoms with E-state index in [4.69, 9.17) is 9.84 Å². The first-order valence-electron chi connectivity index (χ1n) is 7.91. The molecule has 9 nitrogen and oxygen atoms in total. The maximum absolute atomic E-state index is 11.7. The number of rotatable bonds is 5. The van der Waals surface area contributed by atoms with Crippen LogP contribution in [0.25, 0.3) is 11.4 Å². The Hall–Kier alpha value is -2.59. The molecule has 0 saturated carbocycles. The SMILES string of the molecule is CS(=O)(=O)Cc1nc(-c2ccc(C(=O)O)cc2)nc(N2CCOCC2)n1. The van der Waals surface area contributed by atoms with Gasteiger partial charge in [0.1, 0.15) is 11.6 Å². The summed E-state index contributed by atoms with van der Waals surface area (Å²) in [6, 6.07) is 6.08. The van der Waals surface area contributed by atoms with E-state index in [1.165, 1.54) is 12.1 Å². The summed E-state index contributed by atoms with van der Waals surface area (Å²) in [4.78, 5) is 25.9. The maximum atomic E-state index is 11.7. The number of carboxylic acids is 1. The molecule has 0 radical (unpaired) electrons. The van der Waals surface area contributed by atoms with Crippen molar-refractivity contribution in [3.63, 3.8) is 0 Å². The molecule has 1 aliphatic rings. The zero-order valence-corrected chi connectivity index (χ0v) is 14.9. The number of nitrogens with zero attached hydrogens (tertiary/aromatic N) is 4. The van der Waals surface area contributed by atoms with Crippen LogP contribution in [0.4, 0.5) is 5.95 Å². The number of ether oxygens (including phenoxy) is 1. The lowest BCUT2D eigenvalue weighted by Crippen LogP contribution is -2.37. The summed E-state index contributed by atoms with van der Waals surface area (Å²) in [5.74, 6) is -0.482. The Balaban J connectivity index is 2.01. The highest BCUT2D eigenvalue weighted by Gasteiger charge is 2.19. The van der Waals surface area contributed by atoms with Crippen LogP contribution in [0, 0.1) is 0 Å². The third-order valence-corrected chi connectivity index (χ3v) is 4.53. The summed E-state index contributed by atoms with van der Waals surface area (Å²) in [6.07, 6.45) is 1.12. The lowest BCUT2D eigenvalue weighted by Gasteiger charge is -2.27. The molecule has 1 aliphatic heterocycles. The Morgan fingerprint density at radius 1 is 1.15 bits per heavy atom. The molecule has 1 fully saturated rings. The second-order valence-electron chi connectivity index (χ2n) is 5.93. The predicted molar refractivity (Wildman–Crippen MR) is 93.8 cm³/mol. The van der Waals surface area contributed by atoms with E-state index in [2.05, 4.69) is 15.0 Å². The zero-order valence-electron chi connectivity index (χ0n) is 14.1. The molecule has 1 saturated heterocycles. The molecule has 1 aromatic carbocycles. The average molecular weight is 378 g/mol. The summed E-state index contributed by atoms with van der Waals surface area (Å²) < 4.78 is 28.6. The molecule has 0 unspecified atom stereocenters. The van der Waals surface area contributed by atoms with Crippen LogP contribution in [-0.2, 0) is 20.3 Å². The average Bonchev–Trinajstić information content (AvgIpc) is 2.61. The molecule has 3 rings (SSSR count). The minimum atomic E-state index is -3.32. The van der Waals surface area contributed by atoms with Gasteiger partial charge in [-0.15, -0.1) is 0 Å². The van der Waals surface area contributed by atoms with E-state index in [-0.39, 0.29) is 17.1 Å². The molecule has 0 aliphatic carbocycles. The number of sulfone groups is 1. The Morgan fingerprint density at radius 3 is 2.38 bits per heavy atom. The Labute approximate surface area is 150 Å². The summed E-state index contributed by atoms with van der Waals surface area (Å²) in [5, 5.41) is 9.01. The summed E-state index contributed by atoms with van der Waals surface area (Å²) in [6.45, 7) is 2.27. The van der Waals surface area contributed by atoms with Crippen molar-refractivity contribution in [2.75, 3.05) is 37.5 Å². The molecule has 10 heteroatoms. The van der Waals surface area contributed by atoms with Crippen LogP contribution in [0.3, 0.4) is 0 Å². The van der Waals surface area contributed by atoms with E-state index in [1.807, 2.05) is 4.90 Å². The molecule has 138 valence electrons. The number of aromatic nitrogens is 3. The van der Waals surface area contributed by atoms with Gasteiger partial charge in [0.15, 0.2) is 15.7 Å². The topological polar surface area (TPSA) is 123 Å². The fraction of sp³-hybridized carbons (Fsp3) is 0.375. The first-order valence-corrected chi connectivity index (χ1v) is 9.97. The molecule has 0 spiro atoms. The highest BCUT2D eigenvalue weighted by Crippen LogP contribution is 2.20. The van der Waals surface area contributed by atoms with Gasteiger partial charge in [0.25, 0.3) is 0 Å². The molecule has 26 heavy (non-hydrogen) atoms. The van der Waals surface area contributed by atoms with Gasteiger partial charge in [-0.25, -0.2) is 18.2 Å². The summed E-state index contributed by atoms with van der Waals surface area (Å²) in [7, 11) is -3.32. The third kappa shape index (κ3) is 4.52. The number of aromatic carboxylic acids is 1. The fourth-order valence-corrected chi connectivity index (χ4v) is 3.10. The lowest BCUT2D eigenvalue weighted by atomic mass is 10.1. The Morgan fingerprint density at radius 2 is 1.81 bits per heavy atom. The highest BCUT2D eigenvalue weighted by molar-refractivity contribution is 7.89. The van der Waals surface area contributed by atoms with Gasteiger partial charge in [0.2, 0.25) is 5.95 Å². The smallest absolute Gasteiger partial charge is 0.335 e. The standard InChI is InChI=1S/C16H18N4O5S/c1-26(23,24)10-13-17-14(11-2-4-12(5-3-11)15(21)22)19-16(18-13)20-6-8-25-9-7-20/h2-5H,6-10H2,1H3,(H,21,22). The maximum Gasteiger partial charge on any atom is 0.335 e. The molecule has 0 amide bonds. The van der Waals surface area contributed by atoms with E-state index in [0.717, 1.165) is 6.26 Å². The third-order valence-electron chi connectivity index (χ3n) is 3.75. The second kappa shape index (κ2) is 7.34. The molecule has 2 aromatic rings. The van der Waals surface area contributed by atoms with Crippen LogP contribution in [0.1, 0.15) is 16.2 Å². The largest absolute Gasteiger partial charge is 0.478 e. The number of benzene rings is 1. The van der Waals surface area contributed by atoms with Crippen molar-refractivity contribution in [1.82, 2.24) is 15.0 Å². The molecule has 2 heterocycles. The van der Waals surface area contributed by atoms with Gasteiger partial charge in [0.05, 0.1) is 18.8 Å². The first kappa shape index (κ1) is 18.2. The van der Waals surface area contributed by atoms with Gasteiger partial charge in [-0.1, -0.05) is 12.1 Å². The molecular weight excluding hydrogens is 360 g/mol. The number of carbonyl (C=O) groups is 1. The van der Waals surface area contributed by atoms with Crippen LogP contribution in [-0.4, -0.2) is 67.0 Å². The summed E-state index contributed by atoms with van der Waals surface area (Å²) >= 11 is 0. The number of hydrogen-bond acceptors (Lipinski definition) is 8. The molecule has 1 aromatic heterocycles. The second-order valence-corrected chi connectivity index (χ2v) is 8.07. The van der Waals surface area contributed by atoms with Crippen molar-refractivity contribution in [2.24, 2.45) is 0 Å². The van der Waals surface area contributed by atoms with Gasteiger partial charge in [0, 0.05) is 24.9 Å². The van der Waals surface area contributed by atoms with Gasteiger partial charge < -0.3 is 14.7 Å². The van der Waals surface area contributed by atoms with Crippen molar-refractivity contribution in [2.45, 2.75) is 5.75 Å². The van der Waals surface area contributed by atoms with Crippen molar-refractivity contribution >= 4 is 21.8 Å². The monoisotopic (exact) mass is 378 g/mol. The minimum Gasteiger partial charge on any atom is -0.478 e.